The van der Waals surface area contributed by atoms with E-state index < -0.39 is 5.60 Å². The van der Waals surface area contributed by atoms with Crippen LogP contribution < -0.4 is 0 Å². The summed E-state index contributed by atoms with van der Waals surface area (Å²) in [5.41, 5.74) is 2.01. The second kappa shape index (κ2) is 9.92. The van der Waals surface area contributed by atoms with Gasteiger partial charge in [-0.15, -0.1) is 6.08 Å². The van der Waals surface area contributed by atoms with Gasteiger partial charge in [0, 0.05) is 45.8 Å². The van der Waals surface area contributed by atoms with Crippen molar-refractivity contribution in [2.45, 2.75) is 59.0 Å². The fourth-order valence-electron chi connectivity index (χ4n) is 2.16. The van der Waals surface area contributed by atoms with Gasteiger partial charge in [0.1, 0.15) is 0 Å². The molecule has 20 heavy (non-hydrogen) atoms. The van der Waals surface area contributed by atoms with E-state index in [1.165, 1.54) is 11.3 Å². The monoisotopic (exact) mass is 351 g/mol. The van der Waals surface area contributed by atoms with Crippen LogP contribution in [0.4, 0.5) is 0 Å². The predicted octanol–water partition coefficient (Wildman–Crippen LogP) is 3.84. The van der Waals surface area contributed by atoms with Gasteiger partial charge in [-0.2, -0.15) is 23.8 Å². The molecule has 1 fully saturated rings. The SMILES string of the molecule is CC/C=C/C(=[C-]/C=C(\C)N1CCC(C)(O)CC1)CC.[Y]. The molecule has 1 N–H and O–H groups in total. The number of hydrogen-bond acceptors (Lipinski definition) is 2. The minimum atomic E-state index is -0.477. The first-order valence-corrected chi connectivity index (χ1v) is 7.41. The molecular formula is C17H28NOY-. The van der Waals surface area contributed by atoms with Gasteiger partial charge in [0.15, 0.2) is 0 Å². The van der Waals surface area contributed by atoms with E-state index in [2.05, 4.69) is 50.0 Å². The molecule has 0 aromatic heterocycles. The fourth-order valence-corrected chi connectivity index (χ4v) is 2.16. The van der Waals surface area contributed by atoms with Crippen LogP contribution in [0, 0.1) is 6.08 Å². The molecule has 0 amide bonds. The first-order chi connectivity index (χ1) is 8.98. The van der Waals surface area contributed by atoms with Crippen LogP contribution in [0.5, 0.6) is 0 Å². The number of allylic oxidation sites excluding steroid dienone is 6. The van der Waals surface area contributed by atoms with Crippen LogP contribution >= 0.6 is 0 Å². The predicted molar refractivity (Wildman–Crippen MR) is 81.7 cm³/mol. The van der Waals surface area contributed by atoms with Crippen molar-refractivity contribution >= 4 is 0 Å². The molecule has 1 aliphatic heterocycles. The van der Waals surface area contributed by atoms with Crippen LogP contribution in [0.25, 0.3) is 0 Å². The van der Waals surface area contributed by atoms with Gasteiger partial charge in [-0.25, -0.2) is 0 Å². The second-order valence-corrected chi connectivity index (χ2v) is 5.60. The summed E-state index contributed by atoms with van der Waals surface area (Å²) in [7, 11) is 0. The second-order valence-electron chi connectivity index (χ2n) is 5.60. The summed E-state index contributed by atoms with van der Waals surface area (Å²) in [6.07, 6.45) is 13.6. The van der Waals surface area contributed by atoms with E-state index in [0.717, 1.165) is 38.8 Å². The quantitative estimate of drug-likeness (QED) is 0.601. The molecule has 0 spiro atoms. The smallest absolute Gasteiger partial charge is 0.0652 e. The average Bonchev–Trinajstić information content (AvgIpc) is 2.38. The first kappa shape index (κ1) is 20.1. The summed E-state index contributed by atoms with van der Waals surface area (Å²) in [4.78, 5) is 2.34. The Morgan fingerprint density at radius 2 is 1.90 bits per heavy atom. The molecule has 0 aromatic carbocycles. The first-order valence-electron chi connectivity index (χ1n) is 7.41. The zero-order valence-corrected chi connectivity index (χ0v) is 16.3. The molecule has 1 saturated heterocycles. The summed E-state index contributed by atoms with van der Waals surface area (Å²) in [5.74, 6) is 0. The Balaban J connectivity index is 0.00000361. The Kier molecular flexibility index (Phi) is 9.96. The number of nitrogens with zero attached hydrogens (tertiary/aromatic N) is 1. The Morgan fingerprint density at radius 3 is 2.40 bits per heavy atom. The van der Waals surface area contributed by atoms with Crippen LogP contribution in [-0.2, 0) is 32.7 Å². The standard InChI is InChI=1S/C17H28NO.Y/c1-5-7-8-16(6-2)10-9-15(3)18-13-11-17(4,19)12-14-18;/h7-9,19H,5-6,11-14H2,1-4H3;/q-1;/b8-7+,15-9+;. The zero-order valence-electron chi connectivity index (χ0n) is 13.4. The van der Waals surface area contributed by atoms with E-state index in [1.807, 2.05) is 6.92 Å². The van der Waals surface area contributed by atoms with Gasteiger partial charge in [0.05, 0.1) is 5.60 Å². The maximum absolute atomic E-state index is 9.95. The minimum absolute atomic E-state index is 0. The molecule has 111 valence electrons. The van der Waals surface area contributed by atoms with Crippen molar-refractivity contribution in [2.24, 2.45) is 0 Å². The molecule has 0 bridgehead atoms. The van der Waals surface area contributed by atoms with E-state index in [4.69, 9.17) is 0 Å². The van der Waals surface area contributed by atoms with E-state index >= 15 is 0 Å². The number of aliphatic hydroxyl groups is 1. The summed E-state index contributed by atoms with van der Waals surface area (Å²) >= 11 is 0. The van der Waals surface area contributed by atoms with Gasteiger partial charge >= 0.3 is 0 Å². The number of likely N-dealkylation sites (tertiary alicyclic amines) is 1. The van der Waals surface area contributed by atoms with Crippen molar-refractivity contribution in [3.63, 3.8) is 0 Å². The Hall–Kier alpha value is 0.0839. The van der Waals surface area contributed by atoms with Gasteiger partial charge in [-0.1, -0.05) is 32.9 Å². The Bertz CT molecular complexity index is 359. The van der Waals surface area contributed by atoms with Gasteiger partial charge < -0.3 is 10.0 Å². The summed E-state index contributed by atoms with van der Waals surface area (Å²) in [6.45, 7) is 10.2. The van der Waals surface area contributed by atoms with E-state index in [0.29, 0.717) is 0 Å². The molecule has 0 aromatic rings. The molecule has 3 heteroatoms. The van der Waals surface area contributed by atoms with Crippen LogP contribution in [-0.4, -0.2) is 28.7 Å². The third-order valence-electron chi connectivity index (χ3n) is 3.74. The fraction of sp³-hybridized carbons (Fsp3) is 0.647. The van der Waals surface area contributed by atoms with Crippen LogP contribution in [0.3, 0.4) is 0 Å². The largest absolute Gasteiger partial charge is 0.426 e. The maximum Gasteiger partial charge on any atom is 0.0652 e. The van der Waals surface area contributed by atoms with Crippen LogP contribution in [0.2, 0.25) is 0 Å². The summed E-state index contributed by atoms with van der Waals surface area (Å²) in [5, 5.41) is 9.95. The van der Waals surface area contributed by atoms with E-state index in [9.17, 15) is 5.11 Å². The average molecular weight is 351 g/mol. The third kappa shape index (κ3) is 7.20. The molecule has 0 saturated carbocycles. The van der Waals surface area contributed by atoms with Gasteiger partial charge in [-0.3, -0.25) is 0 Å². The number of hydrogen-bond donors (Lipinski definition) is 1. The van der Waals surface area contributed by atoms with Crippen molar-refractivity contribution in [1.82, 2.24) is 4.90 Å². The normalized spacial score (nSPS) is 20.1. The maximum atomic E-state index is 9.95. The van der Waals surface area contributed by atoms with Crippen molar-refractivity contribution in [3.05, 3.63) is 35.6 Å². The summed E-state index contributed by atoms with van der Waals surface area (Å²) < 4.78 is 0. The molecule has 1 heterocycles. The molecule has 0 atom stereocenters. The molecule has 0 unspecified atom stereocenters. The minimum Gasteiger partial charge on any atom is -0.426 e. The molecule has 2 nitrogen and oxygen atoms in total. The molecular weight excluding hydrogens is 323 g/mol. The van der Waals surface area contributed by atoms with E-state index in [-0.39, 0.29) is 32.7 Å². The van der Waals surface area contributed by atoms with Gasteiger partial charge in [0.2, 0.25) is 0 Å². The van der Waals surface area contributed by atoms with Gasteiger partial charge in [0.25, 0.3) is 0 Å². The van der Waals surface area contributed by atoms with Crippen LogP contribution in [0.15, 0.2) is 29.5 Å². The number of piperidine rings is 1. The molecule has 0 aliphatic carbocycles. The topological polar surface area (TPSA) is 23.5 Å². The van der Waals surface area contributed by atoms with Gasteiger partial charge in [-0.05, 0) is 26.2 Å². The van der Waals surface area contributed by atoms with Crippen molar-refractivity contribution in [2.75, 3.05) is 13.1 Å². The Morgan fingerprint density at radius 1 is 1.30 bits per heavy atom. The summed E-state index contributed by atoms with van der Waals surface area (Å²) in [6, 6.07) is 0. The van der Waals surface area contributed by atoms with Crippen molar-refractivity contribution in [1.29, 1.82) is 0 Å². The van der Waals surface area contributed by atoms with Crippen molar-refractivity contribution in [3.8, 4) is 0 Å². The molecule has 1 radical (unpaired) electrons. The molecule has 1 rings (SSSR count). The number of rotatable bonds is 5. The van der Waals surface area contributed by atoms with Crippen molar-refractivity contribution < 1.29 is 37.8 Å². The third-order valence-corrected chi connectivity index (χ3v) is 3.74. The van der Waals surface area contributed by atoms with Crippen LogP contribution in [0.1, 0.15) is 53.4 Å². The molecule has 1 aliphatic rings. The zero-order chi connectivity index (χ0) is 14.3. The Labute approximate surface area is 149 Å². The van der Waals surface area contributed by atoms with E-state index in [1.54, 1.807) is 0 Å².